The highest BCUT2D eigenvalue weighted by molar-refractivity contribution is 7.13. The van der Waals surface area contributed by atoms with Crippen LogP contribution in [0.15, 0.2) is 46.8 Å². The van der Waals surface area contributed by atoms with E-state index in [1.807, 2.05) is 0 Å². The summed E-state index contributed by atoms with van der Waals surface area (Å²) in [5.74, 6) is -0.545. The molecule has 0 spiro atoms. The number of pyridine rings is 2. The lowest BCUT2D eigenvalue weighted by atomic mass is 9.99. The Morgan fingerprint density at radius 1 is 1.17 bits per heavy atom. The van der Waals surface area contributed by atoms with Crippen LogP contribution < -0.4 is 21.4 Å². The van der Waals surface area contributed by atoms with Gasteiger partial charge in [-0.1, -0.05) is 6.07 Å². The number of aliphatic hydroxyl groups excluding tert-OH is 1. The number of ether oxygens (including phenoxy) is 1. The highest BCUT2D eigenvalue weighted by atomic mass is 32.1. The molecule has 3 aromatic heterocycles. The third-order valence-corrected chi connectivity index (χ3v) is 6.95. The van der Waals surface area contributed by atoms with E-state index in [4.69, 9.17) is 9.84 Å². The van der Waals surface area contributed by atoms with Crippen molar-refractivity contribution in [3.8, 4) is 21.7 Å². The quantitative estimate of drug-likeness (QED) is 0.216. The smallest absolute Gasteiger partial charge is 0.395 e. The first-order chi connectivity index (χ1) is 20.1. The summed E-state index contributed by atoms with van der Waals surface area (Å²) < 4.78 is 47.0. The minimum absolute atomic E-state index is 0.0269. The van der Waals surface area contributed by atoms with E-state index in [0.29, 0.717) is 23.2 Å². The van der Waals surface area contributed by atoms with Gasteiger partial charge in [0.05, 0.1) is 18.7 Å². The van der Waals surface area contributed by atoms with Gasteiger partial charge in [-0.15, -0.1) is 11.3 Å². The summed E-state index contributed by atoms with van der Waals surface area (Å²) in [6.45, 7) is 2.29. The van der Waals surface area contributed by atoms with Gasteiger partial charge in [0, 0.05) is 61.0 Å². The molecule has 0 atom stereocenters. The first-order valence-electron chi connectivity index (χ1n) is 12.7. The number of halogens is 3. The molecule has 42 heavy (non-hydrogen) atoms. The van der Waals surface area contributed by atoms with Gasteiger partial charge in [0.25, 0.3) is 5.91 Å². The number of aromatic nitrogens is 3. The Bertz CT molecular complexity index is 1670. The van der Waals surface area contributed by atoms with Crippen LogP contribution in [0.2, 0.25) is 0 Å². The predicted molar refractivity (Wildman–Crippen MR) is 152 cm³/mol. The molecule has 0 unspecified atom stereocenters. The van der Waals surface area contributed by atoms with Crippen LogP contribution in [0, 0.1) is 0 Å². The number of hydrogen-bond acceptors (Lipinski definition) is 8. The minimum Gasteiger partial charge on any atom is -0.395 e. The summed E-state index contributed by atoms with van der Waals surface area (Å²) in [5.41, 5.74) is -0.0809. The highest BCUT2D eigenvalue weighted by Gasteiger charge is 2.34. The highest BCUT2D eigenvalue weighted by Crippen LogP contribution is 2.39. The van der Waals surface area contributed by atoms with Crippen molar-refractivity contribution in [1.82, 2.24) is 25.2 Å². The van der Waals surface area contributed by atoms with Crippen LogP contribution in [0.1, 0.15) is 23.0 Å². The average molecular weight is 605 g/mol. The molecular weight excluding hydrogens is 577 g/mol. The van der Waals surface area contributed by atoms with Crippen molar-refractivity contribution in [2.75, 3.05) is 38.7 Å². The van der Waals surface area contributed by atoms with Gasteiger partial charge >= 0.3 is 12.2 Å². The van der Waals surface area contributed by atoms with Crippen molar-refractivity contribution >= 4 is 40.0 Å². The second-order valence-electron chi connectivity index (χ2n) is 8.90. The molecular formula is C27H27F3N6O5S. The summed E-state index contributed by atoms with van der Waals surface area (Å²) >= 11 is 0.787. The van der Waals surface area contributed by atoms with Gasteiger partial charge in [-0.3, -0.25) is 14.9 Å². The van der Waals surface area contributed by atoms with E-state index in [2.05, 4.69) is 25.9 Å². The third-order valence-electron chi connectivity index (χ3n) is 6.08. The number of nitrogens with zero attached hydrogens (tertiary/aromatic N) is 3. The van der Waals surface area contributed by atoms with E-state index < -0.39 is 29.2 Å². The molecule has 0 aliphatic carbocycles. The number of benzene rings is 1. The van der Waals surface area contributed by atoms with E-state index >= 15 is 0 Å². The number of alkyl halides is 3. The molecule has 0 saturated heterocycles. The van der Waals surface area contributed by atoms with Crippen LogP contribution in [-0.4, -0.2) is 65.0 Å². The second-order valence-corrected chi connectivity index (χ2v) is 9.76. The zero-order chi connectivity index (χ0) is 30.4. The molecule has 4 rings (SSSR count). The Morgan fingerprint density at radius 3 is 2.62 bits per heavy atom. The molecule has 0 radical (unpaired) electrons. The zero-order valence-electron chi connectivity index (χ0n) is 22.5. The van der Waals surface area contributed by atoms with Crippen molar-refractivity contribution in [1.29, 1.82) is 0 Å². The topological polar surface area (TPSA) is 147 Å². The van der Waals surface area contributed by atoms with Crippen LogP contribution >= 0.6 is 11.3 Å². The first kappa shape index (κ1) is 30.6. The number of rotatable bonds is 10. The molecule has 15 heteroatoms. The fourth-order valence-electron chi connectivity index (χ4n) is 4.14. The maximum absolute atomic E-state index is 13.4. The summed E-state index contributed by atoms with van der Waals surface area (Å²) in [4.78, 5) is 46.0. The number of fused-ring (bicyclic) bond motifs is 1. The average Bonchev–Trinajstić information content (AvgIpc) is 3.47. The van der Waals surface area contributed by atoms with Crippen molar-refractivity contribution in [2.45, 2.75) is 19.6 Å². The lowest BCUT2D eigenvalue weighted by molar-refractivity contribution is -0.140. The fourth-order valence-corrected chi connectivity index (χ4v) is 4.99. The van der Waals surface area contributed by atoms with Gasteiger partial charge < -0.3 is 25.0 Å². The monoisotopic (exact) mass is 604 g/mol. The largest absolute Gasteiger partial charge is 0.434 e. The van der Waals surface area contributed by atoms with E-state index in [1.54, 1.807) is 23.6 Å². The number of hydrogen-bond donors (Lipinski definition) is 4. The van der Waals surface area contributed by atoms with Gasteiger partial charge in [0.1, 0.15) is 16.4 Å². The molecule has 0 aliphatic rings. The molecule has 4 aromatic rings. The van der Waals surface area contributed by atoms with Crippen LogP contribution in [0.3, 0.4) is 0 Å². The number of nitrogens with one attached hydrogen (secondary N) is 3. The van der Waals surface area contributed by atoms with E-state index in [9.17, 15) is 27.6 Å². The van der Waals surface area contributed by atoms with Crippen molar-refractivity contribution in [3.05, 3.63) is 63.5 Å². The number of anilines is 1. The standard InChI is InChI=1S/C27H27F3N6O5S/c1-3-31-26(40)35-22-11-17(25-34-21(14-42-25)27(28,29)30)18(12-33-22)15-4-5-16-20(10-15)36(7-9-41-2)13-19(23(16)38)24(39)32-6-8-37/h4-5,10-14,37H,3,6-9H2,1-2H3,(H,32,39)(H2,31,33,35,40). The fraction of sp³-hybridized carbons (Fsp3) is 0.296. The Kier molecular flexibility index (Phi) is 9.55. The van der Waals surface area contributed by atoms with Gasteiger partial charge in [-0.25, -0.2) is 14.8 Å². The molecule has 3 amide bonds. The summed E-state index contributed by atoms with van der Waals surface area (Å²) in [5, 5.41) is 17.8. The zero-order valence-corrected chi connectivity index (χ0v) is 23.4. The number of urea groups is 1. The normalized spacial score (nSPS) is 11.5. The van der Waals surface area contributed by atoms with Gasteiger partial charge in [-0.2, -0.15) is 13.2 Å². The first-order valence-corrected chi connectivity index (χ1v) is 13.6. The maximum Gasteiger partial charge on any atom is 0.434 e. The molecule has 11 nitrogen and oxygen atoms in total. The van der Waals surface area contributed by atoms with Gasteiger partial charge in [0.15, 0.2) is 5.69 Å². The Morgan fingerprint density at radius 2 is 1.95 bits per heavy atom. The Hall–Kier alpha value is -4.34. The number of aliphatic hydroxyl groups is 1. The molecule has 0 bridgehead atoms. The summed E-state index contributed by atoms with van der Waals surface area (Å²) in [6.07, 6.45) is -1.85. The summed E-state index contributed by atoms with van der Waals surface area (Å²) in [7, 11) is 1.50. The predicted octanol–water partition coefficient (Wildman–Crippen LogP) is 3.72. The van der Waals surface area contributed by atoms with Gasteiger partial charge in [0.2, 0.25) is 5.43 Å². The Balaban J connectivity index is 1.89. The van der Waals surface area contributed by atoms with Crippen molar-refractivity contribution in [3.63, 3.8) is 0 Å². The van der Waals surface area contributed by atoms with Crippen LogP contribution in [0.4, 0.5) is 23.8 Å². The lowest BCUT2D eigenvalue weighted by Crippen LogP contribution is -2.31. The van der Waals surface area contributed by atoms with E-state index in [-0.39, 0.29) is 53.6 Å². The van der Waals surface area contributed by atoms with Gasteiger partial charge in [-0.05, 0) is 30.7 Å². The second kappa shape index (κ2) is 13.1. The van der Waals surface area contributed by atoms with Crippen LogP contribution in [0.25, 0.3) is 32.6 Å². The number of carbonyl (C=O) groups is 2. The summed E-state index contributed by atoms with van der Waals surface area (Å²) in [6, 6.07) is 5.67. The molecule has 0 aliphatic heterocycles. The third kappa shape index (κ3) is 6.75. The molecule has 0 fully saturated rings. The Labute approximate surface area is 241 Å². The number of methoxy groups -OCH3 is 1. The maximum atomic E-state index is 13.4. The number of thiazole rings is 1. The van der Waals surface area contributed by atoms with Crippen molar-refractivity contribution < 1.29 is 32.6 Å². The molecule has 3 heterocycles. The SMILES string of the molecule is CCNC(=O)Nc1cc(-c2nc(C(F)(F)F)cs2)c(-c2ccc3c(=O)c(C(=O)NCCO)cn(CCOC)c3c2)cn1. The molecule has 1 aromatic carbocycles. The van der Waals surface area contributed by atoms with Crippen LogP contribution in [0.5, 0.6) is 0 Å². The minimum atomic E-state index is -4.65. The number of carbonyl (C=O) groups excluding carboxylic acids is 2. The lowest BCUT2D eigenvalue weighted by Gasteiger charge is -2.16. The van der Waals surface area contributed by atoms with E-state index in [0.717, 1.165) is 16.7 Å². The molecule has 222 valence electrons. The van der Waals surface area contributed by atoms with Crippen molar-refractivity contribution in [2.24, 2.45) is 0 Å². The number of amides is 3. The van der Waals surface area contributed by atoms with Crippen LogP contribution in [-0.2, 0) is 17.5 Å². The molecule has 4 N–H and O–H groups in total. The van der Waals surface area contributed by atoms with E-state index in [1.165, 1.54) is 31.6 Å². The molecule has 0 saturated carbocycles.